The number of carbonyl (C=O) groups excluding carboxylic acids is 1. The second-order valence-corrected chi connectivity index (χ2v) is 6.52. The monoisotopic (exact) mass is 338 g/mol. The van der Waals surface area contributed by atoms with Gasteiger partial charge >= 0.3 is 0 Å². The summed E-state index contributed by atoms with van der Waals surface area (Å²) in [5.41, 5.74) is 4.10. The smallest absolute Gasteiger partial charge is 0.247 e. The molecule has 0 saturated heterocycles. The van der Waals surface area contributed by atoms with Crippen LogP contribution in [0.1, 0.15) is 23.1 Å². The van der Waals surface area contributed by atoms with Crippen molar-refractivity contribution in [3.8, 4) is 0 Å². The summed E-state index contributed by atoms with van der Waals surface area (Å²) in [5, 5.41) is 2.99. The fraction of sp³-hybridized carbons (Fsp3) is 0.286. The first-order valence-corrected chi connectivity index (χ1v) is 8.60. The Kier molecular flexibility index (Phi) is 5.61. The Bertz CT molecular complexity index is 785. The van der Waals surface area contributed by atoms with E-state index in [1.54, 1.807) is 12.1 Å². The Labute approximate surface area is 148 Å². The van der Waals surface area contributed by atoms with Gasteiger partial charge in [0.05, 0.1) is 0 Å². The van der Waals surface area contributed by atoms with Gasteiger partial charge in [-0.05, 0) is 36.6 Å². The van der Waals surface area contributed by atoms with Gasteiger partial charge < -0.3 is 5.32 Å². The molecule has 130 valence electrons. The largest absolute Gasteiger partial charge is 0.348 e. The quantitative estimate of drug-likeness (QED) is 0.904. The Balaban J connectivity index is 1.51. The number of hydrogen-bond acceptors (Lipinski definition) is 2. The minimum absolute atomic E-state index is 0.00640. The molecule has 0 aromatic heterocycles. The number of rotatable bonds is 5. The van der Waals surface area contributed by atoms with Crippen molar-refractivity contribution in [2.45, 2.75) is 26.4 Å². The SMILES string of the molecule is Cc1cccc(CNC(=O)C2=CCN(Cc3cccc(F)c3)CC2)c1. The van der Waals surface area contributed by atoms with Crippen molar-refractivity contribution >= 4 is 5.91 Å². The van der Waals surface area contributed by atoms with Crippen LogP contribution in [0.4, 0.5) is 4.39 Å². The Morgan fingerprint density at radius 2 is 1.96 bits per heavy atom. The van der Waals surface area contributed by atoms with E-state index < -0.39 is 0 Å². The molecule has 2 aromatic carbocycles. The van der Waals surface area contributed by atoms with Crippen LogP contribution in [0.2, 0.25) is 0 Å². The predicted octanol–water partition coefficient (Wildman–Crippen LogP) is 3.58. The second-order valence-electron chi connectivity index (χ2n) is 6.52. The molecule has 1 amide bonds. The number of benzene rings is 2. The summed E-state index contributed by atoms with van der Waals surface area (Å²) < 4.78 is 13.3. The second kappa shape index (κ2) is 8.08. The third-order valence-corrected chi connectivity index (χ3v) is 4.42. The van der Waals surface area contributed by atoms with Crippen molar-refractivity contribution < 1.29 is 9.18 Å². The van der Waals surface area contributed by atoms with E-state index in [-0.39, 0.29) is 11.7 Å². The molecule has 3 nitrogen and oxygen atoms in total. The van der Waals surface area contributed by atoms with Crippen LogP contribution in [0.5, 0.6) is 0 Å². The number of halogens is 1. The van der Waals surface area contributed by atoms with Crippen molar-refractivity contribution in [3.05, 3.63) is 82.7 Å². The highest BCUT2D eigenvalue weighted by molar-refractivity contribution is 5.93. The lowest BCUT2D eigenvalue weighted by atomic mass is 10.1. The summed E-state index contributed by atoms with van der Waals surface area (Å²) in [6, 6.07) is 14.8. The van der Waals surface area contributed by atoms with Gasteiger partial charge in [0.25, 0.3) is 0 Å². The molecule has 0 radical (unpaired) electrons. The highest BCUT2D eigenvalue weighted by Crippen LogP contribution is 2.15. The summed E-state index contributed by atoms with van der Waals surface area (Å²) in [6.07, 6.45) is 2.70. The van der Waals surface area contributed by atoms with Gasteiger partial charge in [0.1, 0.15) is 5.82 Å². The number of nitrogens with one attached hydrogen (secondary N) is 1. The van der Waals surface area contributed by atoms with Crippen LogP contribution in [-0.2, 0) is 17.9 Å². The molecule has 1 aliphatic rings. The normalized spacial score (nSPS) is 14.9. The molecule has 1 N–H and O–H groups in total. The summed E-state index contributed by atoms with van der Waals surface area (Å²) in [4.78, 5) is 14.5. The van der Waals surface area contributed by atoms with Gasteiger partial charge in [0.2, 0.25) is 5.91 Å². The number of nitrogens with zero attached hydrogens (tertiary/aromatic N) is 1. The van der Waals surface area contributed by atoms with Gasteiger partial charge in [-0.25, -0.2) is 4.39 Å². The van der Waals surface area contributed by atoms with E-state index in [0.717, 1.165) is 29.7 Å². The molecule has 0 aliphatic carbocycles. The van der Waals surface area contributed by atoms with Crippen LogP contribution in [0.25, 0.3) is 0 Å². The van der Waals surface area contributed by atoms with Crippen LogP contribution in [0, 0.1) is 12.7 Å². The van der Waals surface area contributed by atoms with Gasteiger partial charge in [-0.2, -0.15) is 0 Å². The Hall–Kier alpha value is -2.46. The topological polar surface area (TPSA) is 32.3 Å². The minimum Gasteiger partial charge on any atom is -0.348 e. The van der Waals surface area contributed by atoms with E-state index in [0.29, 0.717) is 19.6 Å². The highest BCUT2D eigenvalue weighted by atomic mass is 19.1. The summed E-state index contributed by atoms with van der Waals surface area (Å²) in [7, 11) is 0. The number of aryl methyl sites for hydroxylation is 1. The zero-order chi connectivity index (χ0) is 17.6. The third-order valence-electron chi connectivity index (χ3n) is 4.42. The van der Waals surface area contributed by atoms with Crippen molar-refractivity contribution in [2.75, 3.05) is 13.1 Å². The minimum atomic E-state index is -0.207. The maximum Gasteiger partial charge on any atom is 0.247 e. The molecule has 1 aliphatic heterocycles. The molecule has 0 atom stereocenters. The predicted molar refractivity (Wildman–Crippen MR) is 97.4 cm³/mol. The van der Waals surface area contributed by atoms with Crippen LogP contribution >= 0.6 is 0 Å². The first kappa shape index (κ1) is 17.4. The number of amides is 1. The molecule has 3 rings (SSSR count). The average Bonchev–Trinajstić information content (AvgIpc) is 2.60. The maximum atomic E-state index is 13.3. The standard InChI is InChI=1S/C21H23FN2O/c1-16-4-2-5-17(12-16)14-23-21(25)19-8-10-24(11-9-19)15-18-6-3-7-20(22)13-18/h2-8,12-13H,9-11,14-15H2,1H3,(H,23,25). The van der Waals surface area contributed by atoms with E-state index in [4.69, 9.17) is 0 Å². The first-order valence-electron chi connectivity index (χ1n) is 8.60. The molecular formula is C21H23FN2O. The van der Waals surface area contributed by atoms with E-state index >= 15 is 0 Å². The van der Waals surface area contributed by atoms with E-state index in [9.17, 15) is 9.18 Å². The van der Waals surface area contributed by atoms with Crippen LogP contribution in [-0.4, -0.2) is 23.9 Å². The average molecular weight is 338 g/mol. The fourth-order valence-electron chi connectivity index (χ4n) is 3.07. The molecule has 4 heteroatoms. The van der Waals surface area contributed by atoms with Crippen LogP contribution in [0.15, 0.2) is 60.2 Å². The van der Waals surface area contributed by atoms with Crippen molar-refractivity contribution in [1.29, 1.82) is 0 Å². The van der Waals surface area contributed by atoms with Gasteiger partial charge in [-0.15, -0.1) is 0 Å². The van der Waals surface area contributed by atoms with Crippen LogP contribution in [0.3, 0.4) is 0 Å². The highest BCUT2D eigenvalue weighted by Gasteiger charge is 2.17. The summed E-state index contributed by atoms with van der Waals surface area (Å²) >= 11 is 0. The lowest BCUT2D eigenvalue weighted by Gasteiger charge is -2.26. The molecular weight excluding hydrogens is 315 g/mol. The molecule has 0 spiro atoms. The Morgan fingerprint density at radius 3 is 2.68 bits per heavy atom. The van der Waals surface area contributed by atoms with E-state index in [1.165, 1.54) is 11.6 Å². The Morgan fingerprint density at radius 1 is 1.16 bits per heavy atom. The van der Waals surface area contributed by atoms with Gasteiger partial charge in [0.15, 0.2) is 0 Å². The van der Waals surface area contributed by atoms with Gasteiger partial charge in [-0.3, -0.25) is 9.69 Å². The molecule has 0 saturated carbocycles. The van der Waals surface area contributed by atoms with E-state index in [2.05, 4.69) is 16.3 Å². The van der Waals surface area contributed by atoms with Crippen molar-refractivity contribution in [3.63, 3.8) is 0 Å². The maximum absolute atomic E-state index is 13.3. The molecule has 0 unspecified atom stereocenters. The molecule has 25 heavy (non-hydrogen) atoms. The summed E-state index contributed by atoms with van der Waals surface area (Å²) in [6.45, 7) is 4.81. The molecule has 0 bridgehead atoms. The zero-order valence-electron chi connectivity index (χ0n) is 14.5. The van der Waals surface area contributed by atoms with Gasteiger partial charge in [0, 0.05) is 31.8 Å². The third kappa shape index (κ3) is 5.00. The molecule has 1 heterocycles. The van der Waals surface area contributed by atoms with Crippen molar-refractivity contribution in [2.24, 2.45) is 0 Å². The molecule has 2 aromatic rings. The summed E-state index contributed by atoms with van der Waals surface area (Å²) in [5.74, 6) is -0.201. The first-order chi connectivity index (χ1) is 12.1. The lowest BCUT2D eigenvalue weighted by Crippen LogP contribution is -2.33. The zero-order valence-corrected chi connectivity index (χ0v) is 14.5. The number of hydrogen-bond donors (Lipinski definition) is 1. The van der Waals surface area contributed by atoms with Crippen molar-refractivity contribution in [1.82, 2.24) is 10.2 Å². The van der Waals surface area contributed by atoms with E-state index in [1.807, 2.05) is 37.3 Å². The number of carbonyl (C=O) groups is 1. The molecule has 0 fully saturated rings. The van der Waals surface area contributed by atoms with Gasteiger partial charge in [-0.1, -0.05) is 48.0 Å². The van der Waals surface area contributed by atoms with Crippen LogP contribution < -0.4 is 5.32 Å². The lowest BCUT2D eigenvalue weighted by molar-refractivity contribution is -0.117. The fourth-order valence-corrected chi connectivity index (χ4v) is 3.07.